The summed E-state index contributed by atoms with van der Waals surface area (Å²) in [4.78, 5) is 2.03. The number of hydrogen-bond donors (Lipinski definition) is 0. The van der Waals surface area contributed by atoms with E-state index in [0.29, 0.717) is 13.1 Å². The summed E-state index contributed by atoms with van der Waals surface area (Å²) < 4.78 is 39.5. The van der Waals surface area contributed by atoms with Gasteiger partial charge in [0, 0.05) is 13.1 Å². The van der Waals surface area contributed by atoms with Crippen LogP contribution in [0.3, 0.4) is 0 Å². The normalized spacial score (nSPS) is 21.0. The Hall–Kier alpha value is -0.290. The van der Waals surface area contributed by atoms with Crippen molar-refractivity contribution in [3.8, 4) is 0 Å². The second-order valence-corrected chi connectivity index (χ2v) is 2.90. The highest BCUT2D eigenvalue weighted by molar-refractivity contribution is 4.79. The molecule has 0 unspecified atom stereocenters. The highest BCUT2D eigenvalue weighted by atomic mass is 19.4. The van der Waals surface area contributed by atoms with Crippen LogP contribution in [0.4, 0.5) is 13.2 Å². The maximum Gasteiger partial charge on any atom is 0.411 e. The molecule has 0 spiro atoms. The minimum atomic E-state index is -4.19. The van der Waals surface area contributed by atoms with Gasteiger partial charge in [0.25, 0.3) is 0 Å². The number of likely N-dealkylation sites (tertiary alicyclic amines) is 1. The Labute approximate surface area is 69.3 Å². The zero-order valence-corrected chi connectivity index (χ0v) is 6.90. The van der Waals surface area contributed by atoms with Gasteiger partial charge in [-0.2, -0.15) is 13.2 Å². The number of nitrogens with zero attached hydrogens (tertiary/aromatic N) is 1. The Morgan fingerprint density at radius 3 is 2.42 bits per heavy atom. The molecule has 0 aromatic rings. The van der Waals surface area contributed by atoms with Crippen molar-refractivity contribution in [1.82, 2.24) is 4.90 Å². The standard InChI is InChI=1S/C7H12F3NO/c1-2-11-3-6(4-11)12-5-7(8,9)10/h6H,2-5H2,1H3. The highest BCUT2D eigenvalue weighted by Crippen LogP contribution is 2.18. The van der Waals surface area contributed by atoms with Crippen LogP contribution < -0.4 is 0 Å². The average molecular weight is 183 g/mol. The van der Waals surface area contributed by atoms with Crippen LogP contribution in [0.15, 0.2) is 0 Å². The zero-order valence-electron chi connectivity index (χ0n) is 6.90. The Kier molecular flexibility index (Phi) is 2.95. The molecule has 5 heteroatoms. The number of halogens is 3. The molecule has 2 nitrogen and oxygen atoms in total. The molecule has 1 fully saturated rings. The van der Waals surface area contributed by atoms with E-state index in [1.165, 1.54) is 0 Å². The molecule has 1 aliphatic heterocycles. The van der Waals surface area contributed by atoms with Gasteiger partial charge in [0.1, 0.15) is 6.61 Å². The molecule has 0 aromatic carbocycles. The van der Waals surface area contributed by atoms with Gasteiger partial charge < -0.3 is 4.74 Å². The van der Waals surface area contributed by atoms with Gasteiger partial charge in [0.2, 0.25) is 0 Å². The van der Waals surface area contributed by atoms with Crippen LogP contribution >= 0.6 is 0 Å². The van der Waals surface area contributed by atoms with Gasteiger partial charge in [-0.05, 0) is 6.54 Å². The lowest BCUT2D eigenvalue weighted by molar-refractivity contribution is -0.198. The third kappa shape index (κ3) is 2.98. The number of ether oxygens (including phenoxy) is 1. The lowest BCUT2D eigenvalue weighted by atomic mass is 10.2. The summed E-state index contributed by atoms with van der Waals surface area (Å²) in [5.74, 6) is 0. The van der Waals surface area contributed by atoms with Crippen LogP contribution in [0.5, 0.6) is 0 Å². The Bertz CT molecular complexity index is 142. The number of likely N-dealkylation sites (N-methyl/N-ethyl adjacent to an activating group) is 1. The van der Waals surface area contributed by atoms with Crippen LogP contribution in [0.25, 0.3) is 0 Å². The van der Waals surface area contributed by atoms with Gasteiger partial charge in [0.05, 0.1) is 6.10 Å². The molecule has 0 amide bonds. The van der Waals surface area contributed by atoms with E-state index in [2.05, 4.69) is 4.74 Å². The van der Waals surface area contributed by atoms with Crippen LogP contribution in [0.1, 0.15) is 6.92 Å². The third-order valence-corrected chi connectivity index (χ3v) is 1.85. The van der Waals surface area contributed by atoms with Crippen molar-refractivity contribution in [3.63, 3.8) is 0 Å². The average Bonchev–Trinajstić information content (AvgIpc) is 1.82. The highest BCUT2D eigenvalue weighted by Gasteiger charge is 2.33. The maximum absolute atomic E-state index is 11.6. The van der Waals surface area contributed by atoms with E-state index < -0.39 is 12.8 Å². The van der Waals surface area contributed by atoms with Gasteiger partial charge in [0.15, 0.2) is 0 Å². The molecule has 12 heavy (non-hydrogen) atoms. The molecule has 0 aromatic heterocycles. The third-order valence-electron chi connectivity index (χ3n) is 1.85. The fourth-order valence-corrected chi connectivity index (χ4v) is 1.10. The van der Waals surface area contributed by atoms with Gasteiger partial charge >= 0.3 is 6.18 Å². The van der Waals surface area contributed by atoms with E-state index in [0.717, 1.165) is 6.54 Å². The second-order valence-electron chi connectivity index (χ2n) is 2.90. The largest absolute Gasteiger partial charge is 0.411 e. The molecular formula is C7H12F3NO. The first-order chi connectivity index (χ1) is 5.51. The van der Waals surface area contributed by atoms with Gasteiger partial charge in [-0.1, -0.05) is 6.92 Å². The molecule has 1 saturated heterocycles. The number of alkyl halides is 3. The first-order valence-electron chi connectivity index (χ1n) is 3.92. The predicted octanol–water partition coefficient (Wildman–Crippen LogP) is 1.27. The van der Waals surface area contributed by atoms with E-state index in [4.69, 9.17) is 0 Å². The molecule has 0 atom stereocenters. The lowest BCUT2D eigenvalue weighted by Gasteiger charge is -2.38. The number of hydrogen-bond acceptors (Lipinski definition) is 2. The van der Waals surface area contributed by atoms with Crippen LogP contribution in [0.2, 0.25) is 0 Å². The zero-order chi connectivity index (χ0) is 9.19. The van der Waals surface area contributed by atoms with Crippen molar-refractivity contribution < 1.29 is 17.9 Å². The minimum absolute atomic E-state index is 0.216. The number of rotatable bonds is 3. The molecular weight excluding hydrogens is 171 g/mol. The van der Waals surface area contributed by atoms with Crippen molar-refractivity contribution >= 4 is 0 Å². The minimum Gasteiger partial charge on any atom is -0.366 e. The molecule has 0 N–H and O–H groups in total. The summed E-state index contributed by atoms with van der Waals surface area (Å²) in [6.07, 6.45) is -4.40. The Morgan fingerprint density at radius 1 is 1.42 bits per heavy atom. The Morgan fingerprint density at radius 2 is 2.00 bits per heavy atom. The molecule has 0 radical (unpaired) electrons. The van der Waals surface area contributed by atoms with E-state index in [9.17, 15) is 13.2 Å². The van der Waals surface area contributed by atoms with Crippen molar-refractivity contribution in [2.75, 3.05) is 26.2 Å². The second kappa shape index (κ2) is 3.62. The summed E-state index contributed by atoms with van der Waals surface area (Å²) >= 11 is 0. The van der Waals surface area contributed by atoms with Gasteiger partial charge in [-0.25, -0.2) is 0 Å². The van der Waals surface area contributed by atoms with Gasteiger partial charge in [-0.3, -0.25) is 4.90 Å². The summed E-state index contributed by atoms with van der Waals surface area (Å²) in [5, 5.41) is 0. The van der Waals surface area contributed by atoms with Crippen LogP contribution in [0, 0.1) is 0 Å². The molecule has 0 aliphatic carbocycles. The predicted molar refractivity (Wildman–Crippen MR) is 37.9 cm³/mol. The van der Waals surface area contributed by atoms with E-state index in [1.54, 1.807) is 0 Å². The van der Waals surface area contributed by atoms with Crippen molar-refractivity contribution in [3.05, 3.63) is 0 Å². The smallest absolute Gasteiger partial charge is 0.366 e. The monoisotopic (exact) mass is 183 g/mol. The molecule has 0 saturated carbocycles. The van der Waals surface area contributed by atoms with E-state index >= 15 is 0 Å². The van der Waals surface area contributed by atoms with Gasteiger partial charge in [-0.15, -0.1) is 0 Å². The summed E-state index contributed by atoms with van der Waals surface area (Å²) in [7, 11) is 0. The first-order valence-corrected chi connectivity index (χ1v) is 3.92. The topological polar surface area (TPSA) is 12.5 Å². The van der Waals surface area contributed by atoms with Crippen LogP contribution in [-0.2, 0) is 4.74 Å². The first kappa shape index (κ1) is 9.80. The molecule has 1 heterocycles. The van der Waals surface area contributed by atoms with E-state index in [1.807, 2.05) is 11.8 Å². The van der Waals surface area contributed by atoms with Crippen molar-refractivity contribution in [2.45, 2.75) is 19.2 Å². The molecule has 0 bridgehead atoms. The molecule has 1 aliphatic rings. The van der Waals surface area contributed by atoms with Crippen molar-refractivity contribution in [2.24, 2.45) is 0 Å². The maximum atomic E-state index is 11.6. The van der Waals surface area contributed by atoms with Crippen LogP contribution in [-0.4, -0.2) is 43.4 Å². The fraction of sp³-hybridized carbons (Fsp3) is 1.00. The fourth-order valence-electron chi connectivity index (χ4n) is 1.10. The quantitative estimate of drug-likeness (QED) is 0.653. The molecule has 72 valence electrons. The lowest BCUT2D eigenvalue weighted by Crippen LogP contribution is -2.52. The van der Waals surface area contributed by atoms with E-state index in [-0.39, 0.29) is 6.10 Å². The van der Waals surface area contributed by atoms with Crippen molar-refractivity contribution in [1.29, 1.82) is 0 Å². The summed E-state index contributed by atoms with van der Waals surface area (Å²) in [5.41, 5.74) is 0. The SMILES string of the molecule is CCN1CC(OCC(F)(F)F)C1. The Balaban J connectivity index is 2.04. The summed E-state index contributed by atoms with van der Waals surface area (Å²) in [6, 6.07) is 0. The molecule has 1 rings (SSSR count). The summed E-state index contributed by atoms with van der Waals surface area (Å²) in [6.45, 7) is 3.00.